The van der Waals surface area contributed by atoms with Crippen molar-refractivity contribution < 1.29 is 9.53 Å². The van der Waals surface area contributed by atoms with E-state index in [4.69, 9.17) is 4.74 Å². The topological polar surface area (TPSA) is 41.6 Å². The van der Waals surface area contributed by atoms with Gasteiger partial charge in [0.25, 0.3) is 0 Å². The predicted molar refractivity (Wildman–Crippen MR) is 95.9 cm³/mol. The molecular formula is C20H22N2O2. The third kappa shape index (κ3) is 4.38. The normalized spacial score (nSPS) is 14.0. The standard InChI is InChI=1S/C20H22N2O2/c23-20(21-13-16-24-19-9-5-2-6-10-19)22-14-11-18(12-15-22)17-7-3-1-4-8-17/h1-11H,12-16H2,(H,21,23). The minimum atomic E-state index is -0.0324. The van der Waals surface area contributed by atoms with Crippen molar-refractivity contribution in [3.05, 3.63) is 72.3 Å². The van der Waals surface area contributed by atoms with E-state index in [2.05, 4.69) is 23.5 Å². The summed E-state index contributed by atoms with van der Waals surface area (Å²) in [6, 6.07) is 19.9. The molecule has 1 aliphatic rings. The summed E-state index contributed by atoms with van der Waals surface area (Å²) in [5.74, 6) is 0.820. The highest BCUT2D eigenvalue weighted by atomic mass is 16.5. The highest BCUT2D eigenvalue weighted by molar-refractivity contribution is 5.76. The maximum Gasteiger partial charge on any atom is 0.317 e. The molecule has 0 aromatic heterocycles. The molecule has 124 valence electrons. The smallest absolute Gasteiger partial charge is 0.317 e. The van der Waals surface area contributed by atoms with Crippen molar-refractivity contribution in [2.45, 2.75) is 6.42 Å². The van der Waals surface area contributed by atoms with Crippen LogP contribution >= 0.6 is 0 Å². The Balaban J connectivity index is 1.41. The second-order valence-corrected chi connectivity index (χ2v) is 5.68. The Bertz CT molecular complexity index is 683. The summed E-state index contributed by atoms with van der Waals surface area (Å²) in [7, 11) is 0. The predicted octanol–water partition coefficient (Wildman–Crippen LogP) is 3.56. The molecule has 4 nitrogen and oxygen atoms in total. The lowest BCUT2D eigenvalue weighted by Gasteiger charge is -2.27. The van der Waals surface area contributed by atoms with Crippen LogP contribution in [0, 0.1) is 0 Å². The van der Waals surface area contributed by atoms with Crippen LogP contribution in [-0.2, 0) is 0 Å². The van der Waals surface area contributed by atoms with Gasteiger partial charge in [-0.3, -0.25) is 0 Å². The molecule has 1 N–H and O–H groups in total. The van der Waals surface area contributed by atoms with E-state index in [0.29, 0.717) is 19.7 Å². The van der Waals surface area contributed by atoms with E-state index in [1.54, 1.807) is 0 Å². The summed E-state index contributed by atoms with van der Waals surface area (Å²) in [6.45, 7) is 2.36. The van der Waals surface area contributed by atoms with Crippen LogP contribution in [0.1, 0.15) is 12.0 Å². The third-order valence-corrected chi connectivity index (χ3v) is 4.03. The fourth-order valence-corrected chi connectivity index (χ4v) is 2.72. The van der Waals surface area contributed by atoms with Gasteiger partial charge in [-0.25, -0.2) is 4.79 Å². The van der Waals surface area contributed by atoms with Crippen LogP contribution in [0.3, 0.4) is 0 Å². The lowest BCUT2D eigenvalue weighted by molar-refractivity contribution is 0.200. The van der Waals surface area contributed by atoms with E-state index in [9.17, 15) is 4.79 Å². The molecular weight excluding hydrogens is 300 g/mol. The lowest BCUT2D eigenvalue weighted by Crippen LogP contribution is -2.43. The van der Waals surface area contributed by atoms with E-state index in [1.807, 2.05) is 53.4 Å². The first-order valence-corrected chi connectivity index (χ1v) is 8.28. The number of benzene rings is 2. The number of urea groups is 1. The van der Waals surface area contributed by atoms with Gasteiger partial charge < -0.3 is 15.0 Å². The highest BCUT2D eigenvalue weighted by Gasteiger charge is 2.17. The maximum atomic E-state index is 12.2. The minimum absolute atomic E-state index is 0.0324. The number of amides is 2. The fraction of sp³-hybridized carbons (Fsp3) is 0.250. The molecule has 0 radical (unpaired) electrons. The van der Waals surface area contributed by atoms with Crippen LogP contribution in [0.2, 0.25) is 0 Å². The summed E-state index contributed by atoms with van der Waals surface area (Å²) in [5, 5.41) is 2.91. The molecule has 1 heterocycles. The first-order chi connectivity index (χ1) is 11.8. The number of nitrogens with one attached hydrogen (secondary N) is 1. The van der Waals surface area contributed by atoms with Gasteiger partial charge in [0, 0.05) is 13.1 Å². The van der Waals surface area contributed by atoms with Crippen LogP contribution in [0.15, 0.2) is 66.7 Å². The van der Waals surface area contributed by atoms with Crippen LogP contribution in [-0.4, -0.2) is 37.2 Å². The van der Waals surface area contributed by atoms with Gasteiger partial charge in [-0.15, -0.1) is 0 Å². The van der Waals surface area contributed by atoms with Crippen molar-refractivity contribution >= 4 is 11.6 Å². The van der Waals surface area contributed by atoms with Crippen molar-refractivity contribution in [2.24, 2.45) is 0 Å². The number of nitrogens with zero attached hydrogens (tertiary/aromatic N) is 1. The molecule has 3 rings (SSSR count). The zero-order valence-corrected chi connectivity index (χ0v) is 13.7. The third-order valence-electron chi connectivity index (χ3n) is 4.03. The van der Waals surface area contributed by atoms with Crippen molar-refractivity contribution in [1.82, 2.24) is 10.2 Å². The van der Waals surface area contributed by atoms with Gasteiger partial charge in [0.1, 0.15) is 12.4 Å². The fourth-order valence-electron chi connectivity index (χ4n) is 2.72. The average molecular weight is 322 g/mol. The van der Waals surface area contributed by atoms with E-state index in [1.165, 1.54) is 11.1 Å². The molecule has 2 aromatic carbocycles. The first kappa shape index (κ1) is 16.1. The quantitative estimate of drug-likeness (QED) is 0.855. The van der Waals surface area contributed by atoms with Gasteiger partial charge in [0.05, 0.1) is 6.54 Å². The molecule has 0 aliphatic carbocycles. The number of ether oxygens (including phenoxy) is 1. The number of rotatable bonds is 5. The van der Waals surface area contributed by atoms with Gasteiger partial charge >= 0.3 is 6.03 Å². The molecule has 0 atom stereocenters. The number of hydrogen-bond acceptors (Lipinski definition) is 2. The zero-order chi connectivity index (χ0) is 16.6. The summed E-state index contributed by atoms with van der Waals surface area (Å²) < 4.78 is 5.57. The van der Waals surface area contributed by atoms with Crippen molar-refractivity contribution in [3.63, 3.8) is 0 Å². The summed E-state index contributed by atoms with van der Waals surface area (Å²) in [5.41, 5.74) is 2.56. The highest BCUT2D eigenvalue weighted by Crippen LogP contribution is 2.21. The first-order valence-electron chi connectivity index (χ1n) is 8.28. The van der Waals surface area contributed by atoms with Crippen LogP contribution in [0.25, 0.3) is 5.57 Å². The average Bonchev–Trinajstić information content (AvgIpc) is 2.67. The Kier molecular flexibility index (Phi) is 5.51. The van der Waals surface area contributed by atoms with E-state index >= 15 is 0 Å². The summed E-state index contributed by atoms with van der Waals surface area (Å²) in [6.07, 6.45) is 3.02. The SMILES string of the molecule is O=C(NCCOc1ccccc1)N1CC=C(c2ccccc2)CC1. The lowest BCUT2D eigenvalue weighted by atomic mass is 10.00. The van der Waals surface area contributed by atoms with Crippen LogP contribution in [0.4, 0.5) is 4.79 Å². The zero-order valence-electron chi connectivity index (χ0n) is 13.7. The summed E-state index contributed by atoms with van der Waals surface area (Å²) >= 11 is 0. The van der Waals surface area contributed by atoms with Gasteiger partial charge in [0.15, 0.2) is 0 Å². The van der Waals surface area contributed by atoms with Crippen molar-refractivity contribution in [1.29, 1.82) is 0 Å². The Morgan fingerprint density at radius 2 is 1.75 bits per heavy atom. The molecule has 0 saturated carbocycles. The number of hydrogen-bond donors (Lipinski definition) is 1. The Morgan fingerprint density at radius 1 is 1.04 bits per heavy atom. The monoisotopic (exact) mass is 322 g/mol. The Labute approximate surface area is 142 Å². The van der Waals surface area contributed by atoms with Crippen molar-refractivity contribution in [3.8, 4) is 5.75 Å². The minimum Gasteiger partial charge on any atom is -0.492 e. The maximum absolute atomic E-state index is 12.2. The number of carbonyl (C=O) groups is 1. The Hall–Kier alpha value is -2.75. The molecule has 0 bridgehead atoms. The molecule has 0 saturated heterocycles. The molecule has 24 heavy (non-hydrogen) atoms. The largest absolute Gasteiger partial charge is 0.492 e. The summed E-state index contributed by atoms with van der Waals surface area (Å²) in [4.78, 5) is 14.0. The number of carbonyl (C=O) groups excluding carboxylic acids is 1. The second-order valence-electron chi connectivity index (χ2n) is 5.68. The van der Waals surface area contributed by atoms with Gasteiger partial charge in [-0.2, -0.15) is 0 Å². The van der Waals surface area contributed by atoms with E-state index in [0.717, 1.165) is 18.7 Å². The van der Waals surface area contributed by atoms with Crippen molar-refractivity contribution in [2.75, 3.05) is 26.2 Å². The molecule has 4 heteroatoms. The Morgan fingerprint density at radius 3 is 2.42 bits per heavy atom. The molecule has 0 fully saturated rings. The molecule has 0 spiro atoms. The second kappa shape index (κ2) is 8.20. The van der Waals surface area contributed by atoms with Gasteiger partial charge in [-0.05, 0) is 29.7 Å². The molecule has 1 aliphatic heterocycles. The van der Waals surface area contributed by atoms with E-state index < -0.39 is 0 Å². The van der Waals surface area contributed by atoms with E-state index in [-0.39, 0.29) is 6.03 Å². The van der Waals surface area contributed by atoms with Crippen LogP contribution in [0.5, 0.6) is 5.75 Å². The number of para-hydroxylation sites is 1. The van der Waals surface area contributed by atoms with Crippen LogP contribution < -0.4 is 10.1 Å². The van der Waals surface area contributed by atoms with Gasteiger partial charge in [0.2, 0.25) is 0 Å². The molecule has 0 unspecified atom stereocenters. The van der Waals surface area contributed by atoms with Gasteiger partial charge in [-0.1, -0.05) is 54.6 Å². The molecule has 2 aromatic rings. The molecule has 2 amide bonds.